The molecule has 4 heterocycles. The molecule has 2 aromatic rings. The van der Waals surface area contributed by atoms with Crippen molar-refractivity contribution >= 4 is 15.9 Å². The van der Waals surface area contributed by atoms with Crippen molar-refractivity contribution in [3.63, 3.8) is 0 Å². The molecule has 2 aliphatic heterocycles. The number of piperidine rings is 1. The standard InChI is InChI=1S/C21H24N4O3S/c1-2-16-14-24(15-17-7-3-4-12-23-17)21(26)20-10-5-9-19(16)25(20)29(27,28)18-8-6-11-22-13-18/h2-4,6-8,11-13,16,19-20H,1,5,9-10,14-15H2. The van der Waals surface area contributed by atoms with E-state index >= 15 is 0 Å². The maximum absolute atomic E-state index is 13.5. The number of amides is 1. The number of hydrogen-bond donors (Lipinski definition) is 0. The van der Waals surface area contributed by atoms with Gasteiger partial charge < -0.3 is 4.90 Å². The normalized spacial score (nSPS) is 25.4. The van der Waals surface area contributed by atoms with Crippen molar-refractivity contribution in [3.05, 3.63) is 67.3 Å². The molecular formula is C21H24N4O3S. The third-order valence-electron chi connectivity index (χ3n) is 5.73. The van der Waals surface area contributed by atoms with Crippen LogP contribution in [0.3, 0.4) is 0 Å². The molecule has 0 radical (unpaired) electrons. The Kier molecular flexibility index (Phi) is 5.47. The Morgan fingerprint density at radius 1 is 1.17 bits per heavy atom. The molecule has 152 valence electrons. The zero-order valence-electron chi connectivity index (χ0n) is 16.1. The first-order chi connectivity index (χ1) is 14.0. The third-order valence-corrected chi connectivity index (χ3v) is 7.64. The molecule has 2 aliphatic rings. The van der Waals surface area contributed by atoms with Crippen molar-refractivity contribution in [2.75, 3.05) is 6.54 Å². The quantitative estimate of drug-likeness (QED) is 0.704. The summed E-state index contributed by atoms with van der Waals surface area (Å²) in [6.07, 6.45) is 8.38. The summed E-state index contributed by atoms with van der Waals surface area (Å²) < 4.78 is 28.4. The Labute approximate surface area is 171 Å². The van der Waals surface area contributed by atoms with E-state index in [1.54, 1.807) is 23.2 Å². The Morgan fingerprint density at radius 2 is 2.03 bits per heavy atom. The van der Waals surface area contributed by atoms with Gasteiger partial charge in [0.15, 0.2) is 0 Å². The highest BCUT2D eigenvalue weighted by atomic mass is 32.2. The molecule has 0 aromatic carbocycles. The number of pyridine rings is 2. The molecule has 7 nitrogen and oxygen atoms in total. The molecule has 3 atom stereocenters. The Bertz CT molecular complexity index is 982. The van der Waals surface area contributed by atoms with Gasteiger partial charge in [0.25, 0.3) is 0 Å². The Balaban J connectivity index is 1.74. The molecule has 0 N–H and O–H groups in total. The Hall–Kier alpha value is -2.58. The molecule has 2 aromatic heterocycles. The number of nitrogens with zero attached hydrogens (tertiary/aromatic N) is 4. The second kappa shape index (κ2) is 8.04. The third kappa shape index (κ3) is 3.70. The van der Waals surface area contributed by atoms with Crippen LogP contribution < -0.4 is 0 Å². The van der Waals surface area contributed by atoms with Crippen molar-refractivity contribution in [1.29, 1.82) is 0 Å². The van der Waals surface area contributed by atoms with E-state index in [4.69, 9.17) is 0 Å². The van der Waals surface area contributed by atoms with Crippen LogP contribution in [0.15, 0.2) is 66.5 Å². The van der Waals surface area contributed by atoms with Gasteiger partial charge in [-0.15, -0.1) is 6.58 Å². The van der Waals surface area contributed by atoms with Crippen LogP contribution >= 0.6 is 0 Å². The SMILES string of the molecule is C=CC1CN(Cc2ccccn2)C(=O)C2CCCC1N2S(=O)(=O)c1cccnc1. The van der Waals surface area contributed by atoms with Crippen LogP contribution in [-0.4, -0.2) is 52.1 Å². The van der Waals surface area contributed by atoms with Crippen LogP contribution in [0.25, 0.3) is 0 Å². The maximum atomic E-state index is 13.5. The number of rotatable bonds is 5. The smallest absolute Gasteiger partial charge is 0.245 e. The fourth-order valence-corrected chi connectivity index (χ4v) is 6.18. The number of fused-ring (bicyclic) bond motifs is 2. The zero-order chi connectivity index (χ0) is 20.4. The van der Waals surface area contributed by atoms with Gasteiger partial charge in [0.1, 0.15) is 10.9 Å². The van der Waals surface area contributed by atoms with E-state index in [-0.39, 0.29) is 22.8 Å². The van der Waals surface area contributed by atoms with Gasteiger partial charge in [0.2, 0.25) is 15.9 Å². The lowest BCUT2D eigenvalue weighted by Gasteiger charge is -2.40. The van der Waals surface area contributed by atoms with Crippen LogP contribution in [0.2, 0.25) is 0 Å². The highest BCUT2D eigenvalue weighted by molar-refractivity contribution is 7.89. The Morgan fingerprint density at radius 3 is 2.72 bits per heavy atom. The van der Waals surface area contributed by atoms with Crippen molar-refractivity contribution < 1.29 is 13.2 Å². The fourth-order valence-electron chi connectivity index (χ4n) is 4.35. The predicted molar refractivity (Wildman–Crippen MR) is 108 cm³/mol. The van der Waals surface area contributed by atoms with Crippen molar-refractivity contribution in [1.82, 2.24) is 19.2 Å². The molecule has 4 rings (SSSR count). The summed E-state index contributed by atoms with van der Waals surface area (Å²) in [5, 5.41) is 0. The topological polar surface area (TPSA) is 83.5 Å². The van der Waals surface area contributed by atoms with E-state index in [1.807, 2.05) is 18.2 Å². The van der Waals surface area contributed by atoms with Gasteiger partial charge in [-0.25, -0.2) is 8.42 Å². The highest BCUT2D eigenvalue weighted by Gasteiger charge is 2.49. The summed E-state index contributed by atoms with van der Waals surface area (Å²) in [7, 11) is -3.86. The van der Waals surface area contributed by atoms with Gasteiger partial charge in [-0.1, -0.05) is 12.1 Å². The minimum Gasteiger partial charge on any atom is -0.335 e. The van der Waals surface area contributed by atoms with E-state index in [0.29, 0.717) is 25.9 Å². The first-order valence-corrected chi connectivity index (χ1v) is 11.2. The summed E-state index contributed by atoms with van der Waals surface area (Å²) >= 11 is 0. The van der Waals surface area contributed by atoms with Gasteiger partial charge in [-0.3, -0.25) is 14.8 Å². The monoisotopic (exact) mass is 412 g/mol. The van der Waals surface area contributed by atoms with E-state index in [9.17, 15) is 13.2 Å². The minimum atomic E-state index is -3.86. The van der Waals surface area contributed by atoms with Crippen molar-refractivity contribution in [2.45, 2.75) is 42.8 Å². The summed E-state index contributed by atoms with van der Waals surface area (Å²) in [6, 6.07) is 7.70. The van der Waals surface area contributed by atoms with Crippen molar-refractivity contribution in [2.24, 2.45) is 5.92 Å². The average Bonchev–Trinajstić information content (AvgIpc) is 2.82. The molecular weight excluding hydrogens is 388 g/mol. The first kappa shape index (κ1) is 19.7. The lowest BCUT2D eigenvalue weighted by molar-refractivity contribution is -0.135. The van der Waals surface area contributed by atoms with Crippen LogP contribution in [-0.2, 0) is 21.4 Å². The molecule has 0 saturated carbocycles. The second-order valence-electron chi connectivity index (χ2n) is 7.48. The molecule has 2 bridgehead atoms. The molecule has 2 fully saturated rings. The molecule has 0 spiro atoms. The van der Waals surface area contributed by atoms with Crippen molar-refractivity contribution in [3.8, 4) is 0 Å². The van der Waals surface area contributed by atoms with Gasteiger partial charge in [-0.2, -0.15) is 4.31 Å². The molecule has 3 unspecified atom stereocenters. The van der Waals surface area contributed by atoms with Crippen LogP contribution in [0.5, 0.6) is 0 Å². The van der Waals surface area contributed by atoms with E-state index in [2.05, 4.69) is 16.5 Å². The van der Waals surface area contributed by atoms with E-state index < -0.39 is 16.1 Å². The summed E-state index contributed by atoms with van der Waals surface area (Å²) in [5.41, 5.74) is 0.779. The second-order valence-corrected chi connectivity index (χ2v) is 9.32. The summed E-state index contributed by atoms with van der Waals surface area (Å²) in [4.78, 5) is 23.6. The summed E-state index contributed by atoms with van der Waals surface area (Å²) in [6.45, 7) is 4.73. The largest absolute Gasteiger partial charge is 0.335 e. The molecule has 29 heavy (non-hydrogen) atoms. The van der Waals surface area contributed by atoms with Crippen LogP contribution in [0, 0.1) is 5.92 Å². The van der Waals surface area contributed by atoms with E-state index in [1.165, 1.54) is 22.8 Å². The fraction of sp³-hybridized carbons (Fsp3) is 0.381. The van der Waals surface area contributed by atoms with Gasteiger partial charge in [-0.05, 0) is 43.5 Å². The van der Waals surface area contributed by atoms with Crippen LogP contribution in [0.4, 0.5) is 0 Å². The number of aromatic nitrogens is 2. The molecule has 1 amide bonds. The summed E-state index contributed by atoms with van der Waals surface area (Å²) in [5.74, 6) is -0.323. The average molecular weight is 413 g/mol. The molecule has 8 heteroatoms. The van der Waals surface area contributed by atoms with Gasteiger partial charge in [0.05, 0.1) is 12.2 Å². The number of hydrogen-bond acceptors (Lipinski definition) is 5. The minimum absolute atomic E-state index is 0.116. The number of carbonyl (C=O) groups excluding carboxylic acids is 1. The first-order valence-electron chi connectivity index (χ1n) is 9.77. The number of carbonyl (C=O) groups is 1. The molecule has 2 saturated heterocycles. The number of sulfonamides is 1. The lowest BCUT2D eigenvalue weighted by atomic mass is 9.90. The van der Waals surface area contributed by atoms with E-state index in [0.717, 1.165) is 12.1 Å². The highest BCUT2D eigenvalue weighted by Crippen LogP contribution is 2.37. The van der Waals surface area contributed by atoms with Gasteiger partial charge in [0, 0.05) is 37.1 Å². The maximum Gasteiger partial charge on any atom is 0.245 e. The predicted octanol–water partition coefficient (Wildman–Crippen LogP) is 2.23. The van der Waals surface area contributed by atoms with Crippen LogP contribution in [0.1, 0.15) is 25.0 Å². The zero-order valence-corrected chi connectivity index (χ0v) is 16.9. The van der Waals surface area contributed by atoms with Gasteiger partial charge >= 0.3 is 0 Å². The lowest BCUT2D eigenvalue weighted by Crippen LogP contribution is -2.54. The molecule has 0 aliphatic carbocycles.